The largest absolute Gasteiger partial charge is 0.338 e. The molecule has 1 amide bonds. The molecule has 0 atom stereocenters. The number of nitrogens with zero attached hydrogens (tertiary/aromatic N) is 4. The number of hydrogen-bond donors (Lipinski definition) is 1. The van der Waals surface area contributed by atoms with Gasteiger partial charge >= 0.3 is 0 Å². The first-order valence-electron chi connectivity index (χ1n) is 7.57. The number of rotatable bonds is 6. The molecule has 0 aliphatic rings. The Balaban J connectivity index is 2.40. The number of benzene rings is 1. The third-order valence-electron chi connectivity index (χ3n) is 3.46. The van der Waals surface area contributed by atoms with E-state index in [0.29, 0.717) is 23.9 Å². The summed E-state index contributed by atoms with van der Waals surface area (Å²) < 4.78 is 1.66. The molecule has 2 rings (SSSR count). The highest BCUT2D eigenvalue weighted by Crippen LogP contribution is 2.23. The molecule has 124 valence electrons. The second-order valence-electron chi connectivity index (χ2n) is 5.64. The van der Waals surface area contributed by atoms with Crippen LogP contribution < -0.4 is 5.32 Å². The van der Waals surface area contributed by atoms with Gasteiger partial charge in [-0.25, -0.2) is 9.67 Å². The lowest BCUT2D eigenvalue weighted by Gasteiger charge is -2.14. The first-order valence-corrected chi connectivity index (χ1v) is 7.95. The molecule has 6 nitrogen and oxygen atoms in total. The van der Waals surface area contributed by atoms with Crippen molar-refractivity contribution in [2.75, 3.05) is 27.2 Å². The van der Waals surface area contributed by atoms with E-state index in [2.05, 4.69) is 15.4 Å². The van der Waals surface area contributed by atoms with Crippen molar-refractivity contribution in [2.24, 2.45) is 0 Å². The Bertz CT molecular complexity index is 683. The zero-order valence-electron chi connectivity index (χ0n) is 13.9. The van der Waals surface area contributed by atoms with Crippen LogP contribution in [0.2, 0.25) is 5.02 Å². The van der Waals surface area contributed by atoms with E-state index in [4.69, 9.17) is 11.6 Å². The van der Waals surface area contributed by atoms with Crippen molar-refractivity contribution in [1.29, 1.82) is 0 Å². The fourth-order valence-corrected chi connectivity index (χ4v) is 2.36. The first kappa shape index (κ1) is 17.4. The highest BCUT2D eigenvalue weighted by Gasteiger charge is 2.22. The molecule has 1 aromatic carbocycles. The van der Waals surface area contributed by atoms with E-state index in [1.54, 1.807) is 22.7 Å². The predicted molar refractivity (Wildman–Crippen MR) is 91.3 cm³/mol. The molecule has 1 N–H and O–H groups in total. The molecule has 23 heavy (non-hydrogen) atoms. The van der Waals surface area contributed by atoms with Gasteiger partial charge in [0.2, 0.25) is 5.82 Å². The van der Waals surface area contributed by atoms with Crippen molar-refractivity contribution in [3.8, 4) is 5.69 Å². The number of carbonyl (C=O) groups excluding carboxylic acids is 1. The van der Waals surface area contributed by atoms with Gasteiger partial charge in [-0.1, -0.05) is 37.6 Å². The molecule has 2 aromatic rings. The van der Waals surface area contributed by atoms with E-state index < -0.39 is 0 Å². The Morgan fingerprint density at radius 2 is 2.09 bits per heavy atom. The van der Waals surface area contributed by atoms with E-state index in [9.17, 15) is 4.79 Å². The van der Waals surface area contributed by atoms with Gasteiger partial charge in [0.1, 0.15) is 5.82 Å². The molecular weight excluding hydrogens is 314 g/mol. The van der Waals surface area contributed by atoms with Crippen LogP contribution in [0.15, 0.2) is 24.3 Å². The molecule has 0 saturated carbocycles. The lowest BCUT2D eigenvalue weighted by atomic mass is 10.2. The van der Waals surface area contributed by atoms with Crippen molar-refractivity contribution in [3.63, 3.8) is 0 Å². The molecule has 0 bridgehead atoms. The third-order valence-corrected chi connectivity index (χ3v) is 3.78. The topological polar surface area (TPSA) is 63.1 Å². The molecule has 0 fully saturated rings. The van der Waals surface area contributed by atoms with E-state index in [1.807, 2.05) is 39.1 Å². The van der Waals surface area contributed by atoms with Gasteiger partial charge in [0.05, 0.1) is 10.7 Å². The van der Waals surface area contributed by atoms with Crippen molar-refractivity contribution in [2.45, 2.75) is 19.8 Å². The van der Waals surface area contributed by atoms with Crippen molar-refractivity contribution >= 4 is 17.5 Å². The maximum absolute atomic E-state index is 12.5. The Hall–Kier alpha value is -1.92. The van der Waals surface area contributed by atoms with Crippen molar-refractivity contribution in [3.05, 3.63) is 40.9 Å². The van der Waals surface area contributed by atoms with Gasteiger partial charge in [0.15, 0.2) is 0 Å². The summed E-state index contributed by atoms with van der Waals surface area (Å²) in [6, 6.07) is 7.40. The Labute approximate surface area is 141 Å². The van der Waals surface area contributed by atoms with Crippen LogP contribution in [0.25, 0.3) is 5.69 Å². The van der Waals surface area contributed by atoms with Gasteiger partial charge in [0, 0.05) is 26.1 Å². The summed E-state index contributed by atoms with van der Waals surface area (Å²) in [5.41, 5.74) is 0.724. The summed E-state index contributed by atoms with van der Waals surface area (Å²) >= 11 is 6.26. The van der Waals surface area contributed by atoms with Crippen molar-refractivity contribution < 1.29 is 4.79 Å². The second kappa shape index (κ2) is 7.57. The van der Waals surface area contributed by atoms with Gasteiger partial charge in [0.25, 0.3) is 5.91 Å². The van der Waals surface area contributed by atoms with Gasteiger partial charge in [-0.3, -0.25) is 4.79 Å². The number of amides is 1. The molecule has 0 spiro atoms. The van der Waals surface area contributed by atoms with Gasteiger partial charge in [-0.05, 0) is 19.2 Å². The molecule has 0 unspecified atom stereocenters. The third kappa shape index (κ3) is 3.89. The fourth-order valence-electron chi connectivity index (χ4n) is 2.14. The minimum atomic E-state index is -0.201. The minimum Gasteiger partial charge on any atom is -0.338 e. The number of aromatic nitrogens is 3. The molecule has 1 heterocycles. The maximum atomic E-state index is 12.5. The van der Waals surface area contributed by atoms with Gasteiger partial charge in [-0.2, -0.15) is 0 Å². The average molecular weight is 336 g/mol. The normalized spacial score (nSPS) is 11.0. The summed E-state index contributed by atoms with van der Waals surface area (Å²) in [4.78, 5) is 18.5. The van der Waals surface area contributed by atoms with E-state index >= 15 is 0 Å². The average Bonchev–Trinajstić information content (AvgIpc) is 2.97. The molecule has 0 aliphatic carbocycles. The van der Waals surface area contributed by atoms with Crippen LogP contribution in [0.4, 0.5) is 0 Å². The molecule has 0 radical (unpaired) electrons. The highest BCUT2D eigenvalue weighted by atomic mass is 35.5. The Kier molecular flexibility index (Phi) is 5.74. The fraction of sp³-hybridized carbons (Fsp3) is 0.438. The minimum absolute atomic E-state index is 0.114. The summed E-state index contributed by atoms with van der Waals surface area (Å²) in [7, 11) is 3.59. The van der Waals surface area contributed by atoms with Crippen LogP contribution in [0, 0.1) is 0 Å². The quantitative estimate of drug-likeness (QED) is 0.880. The summed E-state index contributed by atoms with van der Waals surface area (Å²) in [6.45, 7) is 5.32. The molecule has 7 heteroatoms. The van der Waals surface area contributed by atoms with Gasteiger partial charge in [-0.15, -0.1) is 5.10 Å². The van der Waals surface area contributed by atoms with E-state index in [-0.39, 0.29) is 17.6 Å². The number of halogens is 1. The van der Waals surface area contributed by atoms with Crippen LogP contribution in [0.3, 0.4) is 0 Å². The number of carbonyl (C=O) groups is 1. The standard InChI is InChI=1S/C16H22ClN5O/c1-11(2)15-19-14(16(23)21(4)10-9-18-3)20-22(15)13-8-6-5-7-12(13)17/h5-8,11,18H,9-10H2,1-4H3. The summed E-state index contributed by atoms with van der Waals surface area (Å²) in [5, 5.41) is 7.99. The Morgan fingerprint density at radius 1 is 1.39 bits per heavy atom. The molecule has 0 saturated heterocycles. The highest BCUT2D eigenvalue weighted by molar-refractivity contribution is 6.32. The summed E-state index contributed by atoms with van der Waals surface area (Å²) in [5.74, 6) is 0.812. The molecule has 0 aliphatic heterocycles. The van der Waals surface area contributed by atoms with E-state index in [1.165, 1.54) is 0 Å². The Morgan fingerprint density at radius 3 is 2.70 bits per heavy atom. The number of para-hydroxylation sites is 1. The smallest absolute Gasteiger partial charge is 0.293 e. The SMILES string of the molecule is CNCCN(C)C(=O)c1nc(C(C)C)n(-c2ccccc2Cl)n1. The monoisotopic (exact) mass is 335 g/mol. The van der Waals surface area contributed by atoms with Crippen molar-refractivity contribution in [1.82, 2.24) is 25.0 Å². The zero-order valence-corrected chi connectivity index (χ0v) is 14.6. The van der Waals surface area contributed by atoms with Crippen LogP contribution in [-0.4, -0.2) is 52.8 Å². The summed E-state index contributed by atoms with van der Waals surface area (Å²) in [6.07, 6.45) is 0. The first-order chi connectivity index (χ1) is 11.0. The lowest BCUT2D eigenvalue weighted by Crippen LogP contribution is -2.33. The molecular formula is C16H22ClN5O. The van der Waals surface area contributed by atoms with Crippen LogP contribution in [0.5, 0.6) is 0 Å². The number of likely N-dealkylation sites (N-methyl/N-ethyl adjacent to an activating group) is 2. The number of hydrogen-bond acceptors (Lipinski definition) is 4. The van der Waals surface area contributed by atoms with Crippen LogP contribution in [-0.2, 0) is 0 Å². The van der Waals surface area contributed by atoms with E-state index in [0.717, 1.165) is 5.69 Å². The molecule has 1 aromatic heterocycles. The van der Waals surface area contributed by atoms with Crippen LogP contribution >= 0.6 is 11.6 Å². The second-order valence-corrected chi connectivity index (χ2v) is 6.05. The van der Waals surface area contributed by atoms with Crippen LogP contribution in [0.1, 0.15) is 36.2 Å². The predicted octanol–water partition coefficient (Wildman–Crippen LogP) is 2.34. The maximum Gasteiger partial charge on any atom is 0.293 e. The lowest BCUT2D eigenvalue weighted by molar-refractivity contribution is 0.0785. The number of nitrogens with one attached hydrogen (secondary N) is 1. The zero-order chi connectivity index (χ0) is 17.0. The van der Waals surface area contributed by atoms with Gasteiger partial charge < -0.3 is 10.2 Å².